The lowest BCUT2D eigenvalue weighted by Crippen LogP contribution is -2.64. The van der Waals surface area contributed by atoms with Crippen LogP contribution in [0.1, 0.15) is 18.4 Å². The lowest BCUT2D eigenvalue weighted by Gasteiger charge is -2.56. The Balaban J connectivity index is 1.44. The van der Waals surface area contributed by atoms with Gasteiger partial charge in [-0.1, -0.05) is 30.3 Å². The summed E-state index contributed by atoms with van der Waals surface area (Å²) in [6, 6.07) is 9.60. The van der Waals surface area contributed by atoms with Gasteiger partial charge in [-0.2, -0.15) is 0 Å². The fourth-order valence-electron chi connectivity index (χ4n) is 2.84. The van der Waals surface area contributed by atoms with Crippen molar-refractivity contribution in [3.05, 3.63) is 35.9 Å². The zero-order valence-electron chi connectivity index (χ0n) is 10.1. The average molecular weight is 249 g/mol. The molecular formula is C14H16FNO2. The van der Waals surface area contributed by atoms with E-state index < -0.39 is 6.17 Å². The van der Waals surface area contributed by atoms with E-state index in [-0.39, 0.29) is 11.5 Å². The molecule has 3 rings (SSSR count). The highest BCUT2D eigenvalue weighted by molar-refractivity contribution is 5.69. The molecule has 0 atom stereocenters. The summed E-state index contributed by atoms with van der Waals surface area (Å²) in [6.07, 6.45) is 0.268. The average Bonchev–Trinajstić information content (AvgIpc) is 2.30. The minimum absolute atomic E-state index is 0.0746. The van der Waals surface area contributed by atoms with Gasteiger partial charge in [-0.25, -0.2) is 9.18 Å². The maximum absolute atomic E-state index is 12.8. The number of carbonyl (C=O) groups is 1. The monoisotopic (exact) mass is 249 g/mol. The van der Waals surface area contributed by atoms with E-state index in [1.54, 1.807) is 4.90 Å². The molecule has 1 aliphatic heterocycles. The Morgan fingerprint density at radius 1 is 1.33 bits per heavy atom. The molecule has 0 unspecified atom stereocenters. The van der Waals surface area contributed by atoms with Gasteiger partial charge in [0.25, 0.3) is 0 Å². The summed E-state index contributed by atoms with van der Waals surface area (Å²) in [5, 5.41) is 0. The van der Waals surface area contributed by atoms with Crippen LogP contribution in [0.25, 0.3) is 0 Å². The number of hydrogen-bond donors (Lipinski definition) is 0. The fourth-order valence-corrected chi connectivity index (χ4v) is 2.84. The highest BCUT2D eigenvalue weighted by atomic mass is 19.1. The van der Waals surface area contributed by atoms with Crippen LogP contribution in [0.3, 0.4) is 0 Å². The lowest BCUT2D eigenvalue weighted by molar-refractivity contribution is -0.0934. The molecule has 1 amide bonds. The van der Waals surface area contributed by atoms with Crippen LogP contribution in [0, 0.1) is 5.41 Å². The van der Waals surface area contributed by atoms with Crippen LogP contribution in [0.15, 0.2) is 30.3 Å². The number of carbonyl (C=O) groups excluding carboxylic acids is 1. The minimum Gasteiger partial charge on any atom is -0.445 e. The third-order valence-corrected chi connectivity index (χ3v) is 3.82. The molecule has 1 spiro atoms. The predicted octanol–water partition coefficient (Wildman–Crippen LogP) is 2.76. The highest BCUT2D eigenvalue weighted by Crippen LogP contribution is 2.49. The number of amides is 1. The standard InChI is InChI=1S/C14H16FNO2/c15-12-6-14(7-12)9-16(10-14)13(17)18-8-11-4-2-1-3-5-11/h1-5,12H,6-10H2. The van der Waals surface area contributed by atoms with Crippen LogP contribution in [-0.2, 0) is 11.3 Å². The van der Waals surface area contributed by atoms with Gasteiger partial charge >= 0.3 is 6.09 Å². The van der Waals surface area contributed by atoms with E-state index in [1.807, 2.05) is 30.3 Å². The van der Waals surface area contributed by atoms with Gasteiger partial charge in [0.15, 0.2) is 0 Å². The summed E-state index contributed by atoms with van der Waals surface area (Å²) >= 11 is 0. The number of rotatable bonds is 2. The van der Waals surface area contributed by atoms with E-state index in [4.69, 9.17) is 4.74 Å². The predicted molar refractivity (Wildman–Crippen MR) is 64.8 cm³/mol. The molecule has 1 saturated carbocycles. The summed E-state index contributed by atoms with van der Waals surface area (Å²) in [5.41, 5.74) is 1.05. The SMILES string of the molecule is O=C(OCc1ccccc1)N1CC2(CC(F)C2)C1. The van der Waals surface area contributed by atoms with Crippen molar-refractivity contribution in [1.29, 1.82) is 0 Å². The first kappa shape index (κ1) is 11.5. The summed E-state index contributed by atoms with van der Waals surface area (Å²) in [6.45, 7) is 1.61. The molecule has 4 heteroatoms. The van der Waals surface area contributed by atoms with Gasteiger partial charge in [0.05, 0.1) is 0 Å². The quantitative estimate of drug-likeness (QED) is 0.806. The molecule has 1 aromatic carbocycles. The van der Waals surface area contributed by atoms with Gasteiger partial charge in [0.2, 0.25) is 0 Å². The Morgan fingerprint density at radius 2 is 2.00 bits per heavy atom. The van der Waals surface area contributed by atoms with Crippen molar-refractivity contribution in [3.8, 4) is 0 Å². The Labute approximate surface area is 106 Å². The van der Waals surface area contributed by atoms with E-state index in [9.17, 15) is 9.18 Å². The molecule has 96 valence electrons. The molecule has 1 aliphatic carbocycles. The fraction of sp³-hybridized carbons (Fsp3) is 0.500. The topological polar surface area (TPSA) is 29.5 Å². The first-order chi connectivity index (χ1) is 8.67. The zero-order valence-corrected chi connectivity index (χ0v) is 10.1. The van der Waals surface area contributed by atoms with Gasteiger partial charge in [-0.05, 0) is 18.4 Å². The Kier molecular flexibility index (Phi) is 2.73. The second kappa shape index (κ2) is 4.26. The van der Waals surface area contributed by atoms with Crippen LogP contribution in [-0.4, -0.2) is 30.3 Å². The molecule has 0 bridgehead atoms. The third kappa shape index (κ3) is 2.07. The molecule has 1 saturated heterocycles. The van der Waals surface area contributed by atoms with Gasteiger partial charge in [-0.15, -0.1) is 0 Å². The number of ether oxygens (including phenoxy) is 1. The minimum atomic E-state index is -0.660. The smallest absolute Gasteiger partial charge is 0.410 e. The van der Waals surface area contributed by atoms with Crippen molar-refractivity contribution in [3.63, 3.8) is 0 Å². The molecule has 0 N–H and O–H groups in total. The Hall–Kier alpha value is -1.58. The molecule has 0 radical (unpaired) electrons. The van der Waals surface area contributed by atoms with Crippen molar-refractivity contribution < 1.29 is 13.9 Å². The van der Waals surface area contributed by atoms with E-state index in [0.717, 1.165) is 5.56 Å². The third-order valence-electron chi connectivity index (χ3n) is 3.82. The number of halogens is 1. The second-order valence-corrected chi connectivity index (χ2v) is 5.40. The Bertz CT molecular complexity index is 434. The maximum atomic E-state index is 12.8. The summed E-state index contributed by atoms with van der Waals surface area (Å²) in [7, 11) is 0. The van der Waals surface area contributed by atoms with Crippen LogP contribution in [0.2, 0.25) is 0 Å². The van der Waals surface area contributed by atoms with E-state index in [1.165, 1.54) is 0 Å². The number of likely N-dealkylation sites (tertiary alicyclic amines) is 1. The van der Waals surface area contributed by atoms with Crippen molar-refractivity contribution in [1.82, 2.24) is 4.90 Å². The highest BCUT2D eigenvalue weighted by Gasteiger charge is 2.54. The zero-order chi connectivity index (χ0) is 12.6. The van der Waals surface area contributed by atoms with Gasteiger partial charge in [0.1, 0.15) is 12.8 Å². The van der Waals surface area contributed by atoms with Crippen molar-refractivity contribution in [2.45, 2.75) is 25.6 Å². The molecule has 3 nitrogen and oxygen atoms in total. The van der Waals surface area contributed by atoms with E-state index >= 15 is 0 Å². The largest absolute Gasteiger partial charge is 0.445 e. The second-order valence-electron chi connectivity index (χ2n) is 5.40. The van der Waals surface area contributed by atoms with Crippen molar-refractivity contribution in [2.24, 2.45) is 5.41 Å². The maximum Gasteiger partial charge on any atom is 0.410 e. The molecule has 18 heavy (non-hydrogen) atoms. The van der Waals surface area contributed by atoms with Crippen LogP contribution in [0.5, 0.6) is 0 Å². The molecular weight excluding hydrogens is 233 g/mol. The van der Waals surface area contributed by atoms with Gasteiger partial charge in [0, 0.05) is 18.5 Å². The van der Waals surface area contributed by atoms with Crippen molar-refractivity contribution >= 4 is 6.09 Å². The normalized spacial score (nSPS) is 21.3. The first-order valence-electron chi connectivity index (χ1n) is 6.27. The van der Waals surface area contributed by atoms with Gasteiger partial charge < -0.3 is 9.64 Å². The van der Waals surface area contributed by atoms with E-state index in [0.29, 0.717) is 32.5 Å². The number of nitrogens with zero attached hydrogens (tertiary/aromatic N) is 1. The number of hydrogen-bond acceptors (Lipinski definition) is 2. The summed E-state index contributed by atoms with van der Waals surface area (Å²) in [4.78, 5) is 13.4. The molecule has 2 fully saturated rings. The molecule has 1 aromatic rings. The summed E-state index contributed by atoms with van der Waals surface area (Å²) < 4.78 is 18.0. The summed E-state index contributed by atoms with van der Waals surface area (Å²) in [5.74, 6) is 0. The van der Waals surface area contributed by atoms with E-state index in [2.05, 4.69) is 0 Å². The van der Waals surface area contributed by atoms with Gasteiger partial charge in [-0.3, -0.25) is 0 Å². The van der Waals surface area contributed by atoms with Crippen molar-refractivity contribution in [2.75, 3.05) is 13.1 Å². The number of benzene rings is 1. The molecule has 2 aliphatic rings. The lowest BCUT2D eigenvalue weighted by atomic mass is 9.62. The van der Waals surface area contributed by atoms with Crippen LogP contribution < -0.4 is 0 Å². The molecule has 1 heterocycles. The van der Waals surface area contributed by atoms with Crippen LogP contribution in [0.4, 0.5) is 9.18 Å². The van der Waals surface area contributed by atoms with Crippen LogP contribution >= 0.6 is 0 Å². The number of alkyl halides is 1. The first-order valence-corrected chi connectivity index (χ1v) is 6.27. The molecule has 0 aromatic heterocycles. The Morgan fingerprint density at radius 3 is 2.61 bits per heavy atom.